The minimum atomic E-state index is -2.85. The minimum absolute atomic E-state index is 0.180. The monoisotopic (exact) mass is 285 g/mol. The van der Waals surface area contributed by atoms with E-state index in [9.17, 15) is 8.42 Å². The first-order valence-electron chi connectivity index (χ1n) is 6.56. The second-order valence-corrected chi connectivity index (χ2v) is 7.02. The zero-order chi connectivity index (χ0) is 14.3. The van der Waals surface area contributed by atoms with E-state index in [1.807, 2.05) is 24.3 Å². The summed E-state index contributed by atoms with van der Waals surface area (Å²) in [6, 6.07) is 8.06. The lowest BCUT2D eigenvalue weighted by atomic mass is 10.1. The van der Waals surface area contributed by atoms with Gasteiger partial charge in [0.25, 0.3) is 0 Å². The summed E-state index contributed by atoms with van der Waals surface area (Å²) in [5, 5.41) is 3.33. The van der Waals surface area contributed by atoms with Crippen LogP contribution in [-0.4, -0.2) is 33.6 Å². The van der Waals surface area contributed by atoms with Gasteiger partial charge in [0.1, 0.15) is 15.6 Å². The van der Waals surface area contributed by atoms with Crippen LogP contribution in [0.15, 0.2) is 24.3 Å². The van der Waals surface area contributed by atoms with Crippen LogP contribution in [0.4, 0.5) is 0 Å². The van der Waals surface area contributed by atoms with Gasteiger partial charge in [0.2, 0.25) is 0 Å². The summed E-state index contributed by atoms with van der Waals surface area (Å²) >= 11 is 0. The van der Waals surface area contributed by atoms with Gasteiger partial charge in [-0.05, 0) is 37.6 Å². The van der Waals surface area contributed by atoms with Crippen molar-refractivity contribution in [2.75, 3.05) is 25.2 Å². The van der Waals surface area contributed by atoms with Crippen LogP contribution in [0.2, 0.25) is 0 Å². The van der Waals surface area contributed by atoms with Crippen molar-refractivity contribution in [2.24, 2.45) is 0 Å². The molecule has 0 unspecified atom stereocenters. The normalized spacial score (nSPS) is 13.2. The summed E-state index contributed by atoms with van der Waals surface area (Å²) in [6.45, 7) is 4.43. The number of hydrogen-bond donors (Lipinski definition) is 1. The molecule has 0 aliphatic rings. The van der Waals surface area contributed by atoms with Crippen molar-refractivity contribution in [3.63, 3.8) is 0 Å². The van der Waals surface area contributed by atoms with Gasteiger partial charge >= 0.3 is 0 Å². The number of ether oxygens (including phenoxy) is 1. The highest BCUT2D eigenvalue weighted by molar-refractivity contribution is 7.91. The van der Waals surface area contributed by atoms with Crippen LogP contribution in [0.3, 0.4) is 0 Å². The van der Waals surface area contributed by atoms with Crippen LogP contribution in [0.25, 0.3) is 0 Å². The second-order valence-electron chi connectivity index (χ2n) is 4.54. The molecule has 0 fully saturated rings. The van der Waals surface area contributed by atoms with E-state index in [4.69, 9.17) is 4.74 Å². The molecule has 0 radical (unpaired) electrons. The Labute approximate surface area is 116 Å². The molecule has 0 spiro atoms. The van der Waals surface area contributed by atoms with E-state index in [1.54, 1.807) is 14.0 Å². The minimum Gasteiger partial charge on any atom is -0.497 e. The standard InChI is InChI=1S/C14H23NO3S/c1-4-19(16,17)10-6-9-15-12(2)13-7-5-8-14(11-13)18-3/h5,7-8,11-12,15H,4,6,9-10H2,1-3H3/t12-/m1/s1. The van der Waals surface area contributed by atoms with Gasteiger partial charge in [-0.1, -0.05) is 19.1 Å². The molecule has 0 aliphatic carbocycles. The van der Waals surface area contributed by atoms with Crippen LogP contribution in [0.5, 0.6) is 5.75 Å². The fourth-order valence-corrected chi connectivity index (χ4v) is 2.66. The van der Waals surface area contributed by atoms with Crippen LogP contribution >= 0.6 is 0 Å². The third-order valence-corrected chi connectivity index (χ3v) is 4.91. The predicted molar refractivity (Wildman–Crippen MR) is 78.4 cm³/mol. The zero-order valence-corrected chi connectivity index (χ0v) is 12.7. The molecule has 1 aromatic rings. The SMILES string of the molecule is CCS(=O)(=O)CCCN[C@H](C)c1cccc(OC)c1. The van der Waals surface area contributed by atoms with Crippen molar-refractivity contribution >= 4 is 9.84 Å². The van der Waals surface area contributed by atoms with Crippen LogP contribution in [0, 0.1) is 0 Å². The molecule has 1 N–H and O–H groups in total. The fourth-order valence-electron chi connectivity index (χ4n) is 1.78. The summed E-state index contributed by atoms with van der Waals surface area (Å²) in [6.07, 6.45) is 0.643. The van der Waals surface area contributed by atoms with E-state index >= 15 is 0 Å². The molecule has 0 aliphatic heterocycles. The summed E-state index contributed by atoms with van der Waals surface area (Å²) in [4.78, 5) is 0. The number of nitrogens with one attached hydrogen (secondary N) is 1. The van der Waals surface area contributed by atoms with E-state index in [2.05, 4.69) is 12.2 Å². The van der Waals surface area contributed by atoms with Crippen molar-refractivity contribution in [1.29, 1.82) is 0 Å². The first-order chi connectivity index (χ1) is 8.98. The first kappa shape index (κ1) is 16.0. The van der Waals surface area contributed by atoms with Gasteiger partial charge in [-0.15, -0.1) is 0 Å². The smallest absolute Gasteiger partial charge is 0.150 e. The summed E-state index contributed by atoms with van der Waals surface area (Å²) < 4.78 is 27.9. The number of hydrogen-bond acceptors (Lipinski definition) is 4. The Morgan fingerprint density at radius 3 is 2.74 bits per heavy atom. The Balaban J connectivity index is 2.41. The molecule has 0 aromatic heterocycles. The van der Waals surface area contributed by atoms with Crippen molar-refractivity contribution < 1.29 is 13.2 Å². The third-order valence-electron chi connectivity index (χ3n) is 3.12. The fraction of sp³-hybridized carbons (Fsp3) is 0.571. The Morgan fingerprint density at radius 2 is 2.11 bits per heavy atom. The Morgan fingerprint density at radius 1 is 1.37 bits per heavy atom. The maximum Gasteiger partial charge on any atom is 0.150 e. The van der Waals surface area contributed by atoms with Gasteiger partial charge in [0, 0.05) is 11.8 Å². The number of methoxy groups -OCH3 is 1. The average molecular weight is 285 g/mol. The second kappa shape index (κ2) is 7.50. The van der Waals surface area contributed by atoms with Gasteiger partial charge in [-0.25, -0.2) is 8.42 Å². The molecule has 19 heavy (non-hydrogen) atoms. The molecule has 5 heteroatoms. The molecular formula is C14H23NO3S. The summed E-state index contributed by atoms with van der Waals surface area (Å²) in [5.41, 5.74) is 1.14. The Hall–Kier alpha value is -1.07. The van der Waals surface area contributed by atoms with Crippen molar-refractivity contribution in [1.82, 2.24) is 5.32 Å². The van der Waals surface area contributed by atoms with E-state index in [1.165, 1.54) is 0 Å². The molecule has 0 saturated carbocycles. The quantitative estimate of drug-likeness (QED) is 0.744. The molecule has 0 bridgehead atoms. The Kier molecular flexibility index (Phi) is 6.31. The number of sulfone groups is 1. The molecule has 1 atom stereocenters. The van der Waals surface area contributed by atoms with Crippen LogP contribution in [-0.2, 0) is 9.84 Å². The highest BCUT2D eigenvalue weighted by Crippen LogP contribution is 2.18. The molecule has 1 rings (SSSR count). The molecule has 0 saturated heterocycles. The van der Waals surface area contributed by atoms with Crippen LogP contribution < -0.4 is 10.1 Å². The maximum atomic E-state index is 11.4. The average Bonchev–Trinajstić information content (AvgIpc) is 2.43. The van der Waals surface area contributed by atoms with E-state index in [0.717, 1.165) is 11.3 Å². The van der Waals surface area contributed by atoms with Gasteiger partial charge < -0.3 is 10.1 Å². The number of rotatable bonds is 8. The van der Waals surface area contributed by atoms with E-state index in [-0.39, 0.29) is 17.5 Å². The van der Waals surface area contributed by atoms with Crippen molar-refractivity contribution in [3.8, 4) is 5.75 Å². The lowest BCUT2D eigenvalue weighted by Crippen LogP contribution is -2.22. The molecule has 0 amide bonds. The topological polar surface area (TPSA) is 55.4 Å². The summed E-state index contributed by atoms with van der Waals surface area (Å²) in [5.74, 6) is 1.31. The van der Waals surface area contributed by atoms with E-state index in [0.29, 0.717) is 13.0 Å². The van der Waals surface area contributed by atoms with E-state index < -0.39 is 9.84 Å². The lowest BCUT2D eigenvalue weighted by Gasteiger charge is -2.15. The molecular weight excluding hydrogens is 262 g/mol. The van der Waals surface area contributed by atoms with Gasteiger partial charge in [-0.2, -0.15) is 0 Å². The van der Waals surface area contributed by atoms with Crippen LogP contribution in [0.1, 0.15) is 31.9 Å². The Bertz CT molecular complexity index is 485. The highest BCUT2D eigenvalue weighted by Gasteiger charge is 2.08. The lowest BCUT2D eigenvalue weighted by molar-refractivity contribution is 0.413. The first-order valence-corrected chi connectivity index (χ1v) is 8.38. The molecule has 4 nitrogen and oxygen atoms in total. The zero-order valence-electron chi connectivity index (χ0n) is 11.8. The van der Waals surface area contributed by atoms with Crippen molar-refractivity contribution in [3.05, 3.63) is 29.8 Å². The molecule has 0 heterocycles. The largest absolute Gasteiger partial charge is 0.497 e. The van der Waals surface area contributed by atoms with Gasteiger partial charge in [-0.3, -0.25) is 0 Å². The number of benzene rings is 1. The predicted octanol–water partition coefficient (Wildman–Crippen LogP) is 2.17. The maximum absolute atomic E-state index is 11.4. The van der Waals surface area contributed by atoms with Gasteiger partial charge in [0.05, 0.1) is 12.9 Å². The van der Waals surface area contributed by atoms with Gasteiger partial charge in [0.15, 0.2) is 0 Å². The highest BCUT2D eigenvalue weighted by atomic mass is 32.2. The van der Waals surface area contributed by atoms with Crippen molar-refractivity contribution in [2.45, 2.75) is 26.3 Å². The molecule has 108 valence electrons. The summed E-state index contributed by atoms with van der Waals surface area (Å²) in [7, 11) is -1.21. The third kappa shape index (κ3) is 5.61. The molecule has 1 aromatic carbocycles.